The fourth-order valence-corrected chi connectivity index (χ4v) is 9.23. The van der Waals surface area contributed by atoms with Crippen molar-refractivity contribution < 1.29 is 19.4 Å². The molecule has 7 atom stereocenters. The summed E-state index contributed by atoms with van der Waals surface area (Å²) in [6.45, 7) is 8.04. The number of aliphatic hydroxyl groups excluding tert-OH is 1. The molecule has 7 nitrogen and oxygen atoms in total. The second kappa shape index (κ2) is 9.23. The topological polar surface area (TPSA) is 107 Å². The average molecular weight is 550 g/mol. The van der Waals surface area contributed by atoms with Gasteiger partial charge >= 0.3 is 5.97 Å². The molecule has 4 fully saturated rings. The van der Waals surface area contributed by atoms with Gasteiger partial charge in [-0.3, -0.25) is 9.59 Å². The van der Waals surface area contributed by atoms with E-state index in [1.54, 1.807) is 10.8 Å². The van der Waals surface area contributed by atoms with E-state index in [4.69, 9.17) is 10.5 Å². The summed E-state index contributed by atoms with van der Waals surface area (Å²) >= 11 is 4.29. The number of aromatic nitrogens is 2. The Hall–Kier alpha value is -2.58. The van der Waals surface area contributed by atoms with Gasteiger partial charge in [-0.05, 0) is 92.3 Å². The summed E-state index contributed by atoms with van der Waals surface area (Å²) in [5, 5.41) is 16.1. The van der Waals surface area contributed by atoms with E-state index in [2.05, 4.69) is 44.2 Å². The van der Waals surface area contributed by atoms with Gasteiger partial charge in [-0.15, -0.1) is 12.6 Å². The second-order valence-corrected chi connectivity index (χ2v) is 13.2. The van der Waals surface area contributed by atoms with Crippen LogP contribution in [0.4, 0.5) is 0 Å². The number of carbonyl (C=O) groups excluding carboxylic acids is 2. The zero-order chi connectivity index (χ0) is 27.7. The molecule has 0 radical (unpaired) electrons. The third-order valence-corrected chi connectivity index (χ3v) is 11.2. The summed E-state index contributed by atoms with van der Waals surface area (Å²) < 4.78 is 7.88. The fourth-order valence-electron chi connectivity index (χ4n) is 8.82. The number of thiol groups is 1. The zero-order valence-electron chi connectivity index (χ0n) is 22.8. The fraction of sp³-hybridized carbons (Fsp3) is 0.581. The van der Waals surface area contributed by atoms with Gasteiger partial charge in [0, 0.05) is 5.41 Å². The molecule has 0 spiro atoms. The maximum atomic E-state index is 13.1. The Kier molecular flexibility index (Phi) is 6.30. The maximum absolute atomic E-state index is 13.1. The first kappa shape index (κ1) is 26.6. The van der Waals surface area contributed by atoms with Crippen LogP contribution < -0.4 is 5.73 Å². The molecule has 0 saturated heterocycles. The van der Waals surface area contributed by atoms with E-state index < -0.39 is 17.1 Å². The number of nitrogens with zero attached hydrogens (tertiary/aromatic N) is 2. The third kappa shape index (κ3) is 3.85. The number of nitrogens with two attached hydrogens (primary N) is 1. The average Bonchev–Trinajstić information content (AvgIpc) is 3.59. The summed E-state index contributed by atoms with van der Waals surface area (Å²) in [5.74, 6) is 0.602. The number of aliphatic hydroxyl groups is 1. The molecular weight excluding hydrogens is 510 g/mol. The van der Waals surface area contributed by atoms with Gasteiger partial charge in [0.15, 0.2) is 5.60 Å². The van der Waals surface area contributed by atoms with Gasteiger partial charge in [0.2, 0.25) is 5.12 Å². The molecular formula is C31H39N3O4S. The van der Waals surface area contributed by atoms with Gasteiger partial charge < -0.3 is 15.6 Å². The first-order valence-corrected chi connectivity index (χ1v) is 14.7. The Labute approximate surface area is 235 Å². The van der Waals surface area contributed by atoms with E-state index in [1.165, 1.54) is 5.57 Å². The van der Waals surface area contributed by atoms with Gasteiger partial charge in [0.05, 0.1) is 23.9 Å². The molecule has 5 aliphatic carbocycles. The molecule has 5 unspecified atom stereocenters. The highest BCUT2D eigenvalue weighted by molar-refractivity contribution is 7.96. The largest absolute Gasteiger partial charge is 0.449 e. The Bertz CT molecular complexity index is 1320. The summed E-state index contributed by atoms with van der Waals surface area (Å²) in [7, 11) is 0. The predicted molar refractivity (Wildman–Crippen MR) is 153 cm³/mol. The monoisotopic (exact) mass is 549 g/mol. The van der Waals surface area contributed by atoms with Crippen molar-refractivity contribution >= 4 is 35.6 Å². The lowest BCUT2D eigenvalue weighted by molar-refractivity contribution is -0.197. The number of hydrogen-bond donors (Lipinski definition) is 3. The molecule has 1 aromatic rings. The first-order valence-electron chi connectivity index (χ1n) is 14.2. The van der Waals surface area contributed by atoms with Crippen molar-refractivity contribution in [2.24, 2.45) is 40.2 Å². The van der Waals surface area contributed by atoms with E-state index >= 15 is 0 Å². The van der Waals surface area contributed by atoms with Gasteiger partial charge in [-0.2, -0.15) is 5.10 Å². The Morgan fingerprint density at radius 2 is 2.03 bits per heavy atom. The number of carbonyl (C=O) groups is 2. The normalized spacial score (nSPS) is 39.3. The highest BCUT2D eigenvalue weighted by Crippen LogP contribution is 2.68. The Morgan fingerprint density at radius 3 is 2.72 bits per heavy atom. The molecule has 5 aliphatic rings. The molecule has 0 amide bonds. The molecule has 1 heterocycles. The third-order valence-electron chi connectivity index (χ3n) is 10.8. The van der Waals surface area contributed by atoms with Crippen molar-refractivity contribution in [1.82, 2.24) is 9.78 Å². The number of hydrogen-bond acceptors (Lipinski definition) is 6. The summed E-state index contributed by atoms with van der Waals surface area (Å²) in [6, 6.07) is 0. The lowest BCUT2D eigenvalue weighted by atomic mass is 9.45. The lowest BCUT2D eigenvalue weighted by Gasteiger charge is -2.60. The van der Waals surface area contributed by atoms with E-state index in [9.17, 15) is 14.7 Å². The summed E-state index contributed by atoms with van der Waals surface area (Å²) in [6.07, 6.45) is 16.6. The SMILES string of the molecule is C=C/C=C\C=C(/N)n1ncc2c1C=C1CCC3[C@H](C(O)CC4(C)[C@H]3CCC4(OC(=O)C3CC3)C(=O)S)C1(C)C2. The van der Waals surface area contributed by atoms with Gasteiger partial charge in [-0.25, -0.2) is 4.68 Å². The quantitative estimate of drug-likeness (QED) is 0.270. The van der Waals surface area contributed by atoms with Crippen LogP contribution in [-0.2, 0) is 20.7 Å². The van der Waals surface area contributed by atoms with Crippen LogP contribution in [0.1, 0.15) is 70.1 Å². The van der Waals surface area contributed by atoms with Gasteiger partial charge in [0.25, 0.3) is 0 Å². The standard InChI is InChI=1S/C31H39N3O4S/c1-4-5-6-7-25(32)34-23-14-20-10-11-21-22-12-13-31(28(37)39,38-27(36)18-8-9-18)30(22,3)16-24(35)26(21)29(20,2)15-19(23)17-33-34/h4-7,14,17-18,21-22,24,26,35H,1,8-13,15-16,32H2,2-3H3,(H,37,39)/b6-5-,25-7+/t21?,22-,24?,26+,29?,30?,31?/m0/s1. The van der Waals surface area contributed by atoms with E-state index in [0.717, 1.165) is 49.8 Å². The summed E-state index contributed by atoms with van der Waals surface area (Å²) in [4.78, 5) is 25.9. The van der Waals surface area contributed by atoms with Gasteiger partial charge in [0.1, 0.15) is 5.82 Å². The van der Waals surface area contributed by atoms with E-state index in [-0.39, 0.29) is 40.2 Å². The van der Waals surface area contributed by atoms with Gasteiger partial charge in [-0.1, -0.05) is 44.2 Å². The van der Waals surface area contributed by atoms with Crippen LogP contribution in [0.25, 0.3) is 11.9 Å². The highest BCUT2D eigenvalue weighted by Gasteiger charge is 2.70. The van der Waals surface area contributed by atoms with Crippen LogP contribution in [0.15, 0.2) is 42.7 Å². The smallest absolute Gasteiger partial charge is 0.309 e. The highest BCUT2D eigenvalue weighted by atomic mass is 32.1. The minimum absolute atomic E-state index is 0.0421. The molecule has 8 heteroatoms. The van der Waals surface area contributed by atoms with E-state index in [1.807, 2.05) is 24.4 Å². The number of ether oxygens (including phenoxy) is 1. The van der Waals surface area contributed by atoms with Crippen LogP contribution in [0, 0.1) is 34.5 Å². The molecule has 1 aromatic heterocycles. The number of rotatable bonds is 6. The molecule has 0 bridgehead atoms. The molecule has 0 aliphatic heterocycles. The van der Waals surface area contributed by atoms with Crippen LogP contribution in [0.3, 0.4) is 0 Å². The van der Waals surface area contributed by atoms with Crippen LogP contribution in [0.2, 0.25) is 0 Å². The van der Waals surface area contributed by atoms with E-state index in [0.29, 0.717) is 18.7 Å². The van der Waals surface area contributed by atoms with Crippen molar-refractivity contribution in [2.75, 3.05) is 0 Å². The molecule has 0 aromatic carbocycles. The number of allylic oxidation sites excluding steroid dienone is 5. The van der Waals surface area contributed by atoms with Crippen molar-refractivity contribution in [1.29, 1.82) is 0 Å². The Balaban J connectivity index is 1.33. The summed E-state index contributed by atoms with van der Waals surface area (Å²) in [5.41, 5.74) is 7.66. The zero-order valence-corrected chi connectivity index (χ0v) is 23.7. The van der Waals surface area contributed by atoms with Crippen molar-refractivity contribution in [3.63, 3.8) is 0 Å². The number of fused-ring (bicyclic) bond motifs is 6. The van der Waals surface area contributed by atoms with Crippen molar-refractivity contribution in [3.05, 3.63) is 53.9 Å². The minimum atomic E-state index is -1.27. The maximum Gasteiger partial charge on any atom is 0.309 e. The van der Waals surface area contributed by atoms with Crippen LogP contribution in [-0.4, -0.2) is 37.7 Å². The molecule has 208 valence electrons. The first-order chi connectivity index (χ1) is 18.6. The predicted octanol–water partition coefficient (Wildman–Crippen LogP) is 4.68. The second-order valence-electron chi connectivity index (χ2n) is 12.8. The molecule has 39 heavy (non-hydrogen) atoms. The molecule has 6 rings (SSSR count). The lowest BCUT2D eigenvalue weighted by Crippen LogP contribution is -2.62. The van der Waals surface area contributed by atoms with Crippen molar-refractivity contribution in [3.8, 4) is 0 Å². The molecule has 3 N–H and O–H groups in total. The minimum Gasteiger partial charge on any atom is -0.449 e. The Morgan fingerprint density at radius 1 is 1.26 bits per heavy atom. The number of esters is 1. The van der Waals surface area contributed by atoms with Crippen molar-refractivity contribution in [2.45, 2.75) is 76.9 Å². The van der Waals surface area contributed by atoms with Crippen LogP contribution in [0.5, 0.6) is 0 Å². The molecule has 4 saturated carbocycles. The van der Waals surface area contributed by atoms with Crippen LogP contribution >= 0.6 is 12.6 Å².